The first-order valence-electron chi connectivity index (χ1n) is 6.95. The van der Waals surface area contributed by atoms with E-state index in [1.54, 1.807) is 0 Å². The summed E-state index contributed by atoms with van der Waals surface area (Å²) >= 11 is 0. The lowest BCUT2D eigenvalue weighted by Gasteiger charge is -2.14. The molecule has 0 amide bonds. The number of hydrogen-bond acceptors (Lipinski definition) is 6. The maximum Gasteiger partial charge on any atom is 0.278 e. The second-order valence-electron chi connectivity index (χ2n) is 5.12. The number of aromatic nitrogens is 1. The van der Waals surface area contributed by atoms with Gasteiger partial charge >= 0.3 is 0 Å². The van der Waals surface area contributed by atoms with Crippen molar-refractivity contribution >= 4 is 11.5 Å². The Kier molecular flexibility index (Phi) is 5.11. The average Bonchev–Trinajstić information content (AvgIpc) is 2.73. The van der Waals surface area contributed by atoms with E-state index >= 15 is 0 Å². The molecule has 20 heavy (non-hydrogen) atoms. The number of rotatable bonds is 5. The third-order valence-electron chi connectivity index (χ3n) is 3.59. The fourth-order valence-corrected chi connectivity index (χ4v) is 2.48. The van der Waals surface area contributed by atoms with Crippen molar-refractivity contribution in [1.29, 1.82) is 0 Å². The summed E-state index contributed by atoms with van der Waals surface area (Å²) in [6, 6.07) is 2.61. The van der Waals surface area contributed by atoms with Gasteiger partial charge in [0, 0.05) is 0 Å². The van der Waals surface area contributed by atoms with Crippen LogP contribution in [-0.4, -0.2) is 16.5 Å². The van der Waals surface area contributed by atoms with Crippen molar-refractivity contribution in [2.75, 3.05) is 12.0 Å². The highest BCUT2D eigenvalue weighted by atomic mass is 16.6. The summed E-state index contributed by atoms with van der Waals surface area (Å²) in [6.45, 7) is 0.554. The number of nitrogen functional groups attached to an aromatic ring is 1. The van der Waals surface area contributed by atoms with E-state index < -0.39 is 4.92 Å². The van der Waals surface area contributed by atoms with Gasteiger partial charge in [-0.15, -0.1) is 0 Å². The number of anilines is 1. The summed E-state index contributed by atoms with van der Waals surface area (Å²) in [5.74, 6) is 6.24. The Balaban J connectivity index is 2.00. The van der Waals surface area contributed by atoms with Crippen molar-refractivity contribution in [3.05, 3.63) is 22.2 Å². The highest BCUT2D eigenvalue weighted by Gasteiger charge is 2.15. The summed E-state index contributed by atoms with van der Waals surface area (Å²) in [6.07, 6.45) is 7.32. The molecule has 1 heterocycles. The summed E-state index contributed by atoms with van der Waals surface area (Å²) in [7, 11) is 0. The molecule has 0 radical (unpaired) electrons. The number of nitrogens with zero attached hydrogens (tertiary/aromatic N) is 2. The Morgan fingerprint density at radius 3 is 2.65 bits per heavy atom. The van der Waals surface area contributed by atoms with E-state index in [0.29, 0.717) is 12.5 Å². The first-order chi connectivity index (χ1) is 9.69. The lowest BCUT2D eigenvalue weighted by Crippen LogP contribution is -2.13. The third kappa shape index (κ3) is 4.06. The Morgan fingerprint density at radius 2 is 2.05 bits per heavy atom. The minimum Gasteiger partial charge on any atom is -0.477 e. The molecule has 0 aromatic carbocycles. The molecule has 1 aromatic heterocycles. The molecule has 0 saturated heterocycles. The highest BCUT2D eigenvalue weighted by Crippen LogP contribution is 2.25. The maximum atomic E-state index is 10.8. The Morgan fingerprint density at radius 1 is 1.35 bits per heavy atom. The van der Waals surface area contributed by atoms with E-state index in [-0.39, 0.29) is 17.4 Å². The van der Waals surface area contributed by atoms with Gasteiger partial charge in [-0.25, -0.2) is 5.84 Å². The fourth-order valence-electron chi connectivity index (χ4n) is 2.48. The van der Waals surface area contributed by atoms with Crippen LogP contribution in [0.15, 0.2) is 12.1 Å². The summed E-state index contributed by atoms with van der Waals surface area (Å²) < 4.78 is 5.62. The maximum absolute atomic E-state index is 10.8. The first-order valence-corrected chi connectivity index (χ1v) is 6.95. The Labute approximate surface area is 117 Å². The molecule has 110 valence electrons. The fraction of sp³-hybridized carbons (Fsp3) is 0.615. The van der Waals surface area contributed by atoms with E-state index in [4.69, 9.17) is 10.6 Å². The van der Waals surface area contributed by atoms with Gasteiger partial charge < -0.3 is 10.2 Å². The van der Waals surface area contributed by atoms with Crippen molar-refractivity contribution in [1.82, 2.24) is 4.98 Å². The lowest BCUT2D eigenvalue weighted by molar-refractivity contribution is -0.384. The summed E-state index contributed by atoms with van der Waals surface area (Å²) in [5.41, 5.74) is 2.24. The molecule has 7 heteroatoms. The predicted octanol–water partition coefficient (Wildman–Crippen LogP) is 2.62. The van der Waals surface area contributed by atoms with Gasteiger partial charge in [-0.2, -0.15) is 4.98 Å². The number of ether oxygens (including phenoxy) is 1. The van der Waals surface area contributed by atoms with Crippen LogP contribution in [0, 0.1) is 16.0 Å². The molecule has 1 saturated carbocycles. The highest BCUT2D eigenvalue weighted by molar-refractivity contribution is 5.47. The average molecular weight is 280 g/mol. The molecule has 0 atom stereocenters. The molecule has 1 aliphatic rings. The van der Waals surface area contributed by atoms with E-state index in [9.17, 15) is 10.1 Å². The Bertz CT molecular complexity index is 459. The van der Waals surface area contributed by atoms with Gasteiger partial charge in [-0.3, -0.25) is 10.1 Å². The van der Waals surface area contributed by atoms with Crippen LogP contribution in [0.4, 0.5) is 11.5 Å². The normalized spacial score (nSPS) is 16.4. The van der Waals surface area contributed by atoms with Crippen molar-refractivity contribution < 1.29 is 9.66 Å². The molecule has 0 spiro atoms. The zero-order valence-electron chi connectivity index (χ0n) is 11.4. The molecular formula is C13H20N4O3. The summed E-state index contributed by atoms with van der Waals surface area (Å²) in [5, 5.41) is 10.8. The molecule has 1 aliphatic carbocycles. The standard InChI is InChI=1S/C13H20N4O3/c14-16-12-7-11(17(18)19)8-13(15-12)20-9-10-5-3-1-2-4-6-10/h7-8,10H,1-6,9,14H2,(H,15,16). The lowest BCUT2D eigenvalue weighted by atomic mass is 10.0. The number of nitro groups is 1. The van der Waals surface area contributed by atoms with Gasteiger partial charge in [0.25, 0.3) is 5.69 Å². The number of nitrogens with one attached hydrogen (secondary N) is 1. The van der Waals surface area contributed by atoms with Crippen molar-refractivity contribution in [2.24, 2.45) is 11.8 Å². The molecular weight excluding hydrogens is 260 g/mol. The SMILES string of the molecule is NNc1cc([N+](=O)[O-])cc(OCC2CCCCCC2)n1. The predicted molar refractivity (Wildman–Crippen MR) is 75.4 cm³/mol. The number of hydrogen-bond donors (Lipinski definition) is 2. The molecule has 3 N–H and O–H groups in total. The number of hydrazine groups is 1. The summed E-state index contributed by atoms with van der Waals surface area (Å²) in [4.78, 5) is 14.4. The molecule has 1 fully saturated rings. The van der Waals surface area contributed by atoms with Crippen molar-refractivity contribution in [2.45, 2.75) is 38.5 Å². The van der Waals surface area contributed by atoms with Crippen LogP contribution in [0.3, 0.4) is 0 Å². The van der Waals surface area contributed by atoms with Crippen LogP contribution in [0.25, 0.3) is 0 Å². The molecule has 0 unspecified atom stereocenters. The van der Waals surface area contributed by atoms with Crippen LogP contribution in [0.5, 0.6) is 5.88 Å². The molecule has 0 aliphatic heterocycles. The monoisotopic (exact) mass is 280 g/mol. The van der Waals surface area contributed by atoms with Gasteiger partial charge in [-0.05, 0) is 18.8 Å². The molecule has 0 bridgehead atoms. The number of pyridine rings is 1. The van der Waals surface area contributed by atoms with Crippen LogP contribution in [0.2, 0.25) is 0 Å². The van der Waals surface area contributed by atoms with E-state index in [1.807, 2.05) is 0 Å². The van der Waals surface area contributed by atoms with E-state index in [1.165, 1.54) is 37.8 Å². The van der Waals surface area contributed by atoms with Crippen molar-refractivity contribution in [3.63, 3.8) is 0 Å². The topological polar surface area (TPSA) is 103 Å². The minimum atomic E-state index is -0.485. The van der Waals surface area contributed by atoms with Gasteiger partial charge in [0.05, 0.1) is 23.7 Å². The second kappa shape index (κ2) is 7.04. The zero-order valence-corrected chi connectivity index (χ0v) is 11.4. The van der Waals surface area contributed by atoms with Gasteiger partial charge in [-0.1, -0.05) is 25.7 Å². The van der Waals surface area contributed by atoms with Gasteiger partial charge in [0.2, 0.25) is 5.88 Å². The molecule has 7 nitrogen and oxygen atoms in total. The largest absolute Gasteiger partial charge is 0.477 e. The van der Waals surface area contributed by atoms with E-state index in [2.05, 4.69) is 10.4 Å². The minimum absolute atomic E-state index is 0.0798. The zero-order chi connectivity index (χ0) is 14.4. The van der Waals surface area contributed by atoms with Crippen LogP contribution in [-0.2, 0) is 0 Å². The molecule has 1 aromatic rings. The van der Waals surface area contributed by atoms with Crippen LogP contribution in [0.1, 0.15) is 38.5 Å². The molecule has 2 rings (SSSR count). The Hall–Kier alpha value is -1.89. The third-order valence-corrected chi connectivity index (χ3v) is 3.59. The number of nitrogens with two attached hydrogens (primary N) is 1. The van der Waals surface area contributed by atoms with Gasteiger partial charge in [0.15, 0.2) is 5.82 Å². The van der Waals surface area contributed by atoms with Gasteiger partial charge in [0.1, 0.15) is 0 Å². The second-order valence-corrected chi connectivity index (χ2v) is 5.12. The quantitative estimate of drug-likeness (QED) is 0.372. The van der Waals surface area contributed by atoms with Crippen LogP contribution >= 0.6 is 0 Å². The van der Waals surface area contributed by atoms with Crippen LogP contribution < -0.4 is 16.0 Å². The van der Waals surface area contributed by atoms with E-state index in [0.717, 1.165) is 12.8 Å². The van der Waals surface area contributed by atoms with Crippen molar-refractivity contribution in [3.8, 4) is 5.88 Å². The first kappa shape index (κ1) is 14.5. The smallest absolute Gasteiger partial charge is 0.278 e.